The highest BCUT2D eigenvalue weighted by Crippen LogP contribution is 2.36. The molecule has 0 bridgehead atoms. The number of anilines is 2. The Balaban J connectivity index is 1.45. The second-order valence-electron chi connectivity index (χ2n) is 9.25. The number of carbonyl (C=O) groups excluding carboxylic acids is 1. The minimum absolute atomic E-state index is 0.147. The lowest BCUT2D eigenvalue weighted by Crippen LogP contribution is -2.48. The lowest BCUT2D eigenvalue weighted by atomic mass is 9.95. The zero-order chi connectivity index (χ0) is 23.9. The van der Waals surface area contributed by atoms with E-state index in [2.05, 4.69) is 25.2 Å². The lowest BCUT2D eigenvalue weighted by molar-refractivity contribution is -0.00269. The number of alkyl halides is 1. The average molecular weight is 470 g/mol. The largest absolute Gasteiger partial charge is 0.474 e. The zero-order valence-corrected chi connectivity index (χ0v) is 19.2. The summed E-state index contributed by atoms with van der Waals surface area (Å²) in [7, 11) is 0. The molecule has 0 aromatic carbocycles. The van der Waals surface area contributed by atoms with Crippen LogP contribution in [0.4, 0.5) is 15.9 Å². The van der Waals surface area contributed by atoms with Crippen molar-refractivity contribution in [3.8, 4) is 5.88 Å². The number of nitrogens with zero attached hydrogens (tertiary/aromatic N) is 6. The maximum atomic E-state index is 13.4. The molecule has 1 saturated heterocycles. The summed E-state index contributed by atoms with van der Waals surface area (Å²) in [4.78, 5) is 26.4. The first-order valence-corrected chi connectivity index (χ1v) is 11.4. The molecule has 5 heterocycles. The van der Waals surface area contributed by atoms with Gasteiger partial charge >= 0.3 is 0 Å². The van der Waals surface area contributed by atoms with Gasteiger partial charge in [0.05, 0.1) is 11.9 Å². The molecule has 11 heteroatoms. The number of halogens is 1. The fraction of sp³-hybridized carbons (Fsp3) is 0.478. The Bertz CT molecular complexity index is 1200. The van der Waals surface area contributed by atoms with Crippen molar-refractivity contribution < 1.29 is 19.0 Å². The Morgan fingerprint density at radius 3 is 2.91 bits per heavy atom. The van der Waals surface area contributed by atoms with Gasteiger partial charge in [-0.15, -0.1) is 0 Å². The van der Waals surface area contributed by atoms with Crippen molar-refractivity contribution in [1.29, 1.82) is 0 Å². The number of aromatic nitrogens is 4. The molecule has 2 aliphatic heterocycles. The third-order valence-corrected chi connectivity index (χ3v) is 6.09. The SMILES string of the molecule is CC(F)CN1CCN(c2nc3c(cc2NC(=O)c2cnn4cccnc24)C[C@](C)(O)CO3)CC1. The Morgan fingerprint density at radius 2 is 2.15 bits per heavy atom. The number of aliphatic hydroxyl groups is 1. The monoisotopic (exact) mass is 469 g/mol. The molecule has 3 aromatic heterocycles. The van der Waals surface area contributed by atoms with E-state index in [1.165, 1.54) is 10.7 Å². The summed E-state index contributed by atoms with van der Waals surface area (Å²) in [6, 6.07) is 3.56. The number of rotatable bonds is 5. The van der Waals surface area contributed by atoms with E-state index in [1.54, 1.807) is 32.3 Å². The number of piperazine rings is 1. The molecular formula is C23H28FN7O3. The molecule has 0 saturated carbocycles. The smallest absolute Gasteiger partial charge is 0.261 e. The minimum Gasteiger partial charge on any atom is -0.474 e. The highest BCUT2D eigenvalue weighted by atomic mass is 19.1. The van der Waals surface area contributed by atoms with Crippen LogP contribution < -0.4 is 15.0 Å². The van der Waals surface area contributed by atoms with Crippen LogP contribution in [0.25, 0.3) is 5.65 Å². The topological polar surface area (TPSA) is 108 Å². The van der Waals surface area contributed by atoms with Crippen LogP contribution in [0.3, 0.4) is 0 Å². The van der Waals surface area contributed by atoms with Gasteiger partial charge in [0.25, 0.3) is 5.91 Å². The first-order valence-electron chi connectivity index (χ1n) is 11.4. The van der Waals surface area contributed by atoms with Crippen LogP contribution in [0.15, 0.2) is 30.7 Å². The summed E-state index contributed by atoms with van der Waals surface area (Å²) in [5.74, 6) is 0.688. The third kappa shape index (κ3) is 4.53. The van der Waals surface area contributed by atoms with E-state index in [0.29, 0.717) is 67.7 Å². The third-order valence-electron chi connectivity index (χ3n) is 6.09. The van der Waals surface area contributed by atoms with E-state index in [9.17, 15) is 14.3 Å². The molecule has 0 radical (unpaired) electrons. The van der Waals surface area contributed by atoms with Crippen LogP contribution in [0, 0.1) is 0 Å². The van der Waals surface area contributed by atoms with Gasteiger partial charge in [0.1, 0.15) is 23.9 Å². The minimum atomic E-state index is -1.02. The summed E-state index contributed by atoms with van der Waals surface area (Å²) in [6.45, 7) is 6.46. The number of nitrogens with one attached hydrogen (secondary N) is 1. The standard InChI is InChI=1S/C23H28FN7O3/c1-15(24)13-29-6-8-30(9-7-29)20-18(10-16-11-23(2,33)14-34-22(16)28-20)27-21(32)17-12-26-31-5-3-4-25-19(17)31/h3-5,10,12,15,33H,6-9,11,13-14H2,1-2H3,(H,27,32)/t15?,23-/m0/s1. The van der Waals surface area contributed by atoms with Crippen LogP contribution in [0.1, 0.15) is 29.8 Å². The van der Waals surface area contributed by atoms with Crippen LogP contribution >= 0.6 is 0 Å². The van der Waals surface area contributed by atoms with E-state index < -0.39 is 11.8 Å². The van der Waals surface area contributed by atoms with Gasteiger partial charge < -0.3 is 20.1 Å². The average Bonchev–Trinajstić information content (AvgIpc) is 3.23. The number of fused-ring (bicyclic) bond motifs is 2. The molecule has 3 aromatic rings. The van der Waals surface area contributed by atoms with Crippen LogP contribution in [-0.4, -0.2) is 86.6 Å². The van der Waals surface area contributed by atoms with E-state index in [0.717, 1.165) is 5.56 Å². The quantitative estimate of drug-likeness (QED) is 0.580. The Kier molecular flexibility index (Phi) is 5.82. The van der Waals surface area contributed by atoms with Gasteiger partial charge in [0, 0.05) is 57.1 Å². The first-order chi connectivity index (χ1) is 16.3. The van der Waals surface area contributed by atoms with E-state index in [4.69, 9.17) is 9.72 Å². The molecule has 1 unspecified atom stereocenters. The fourth-order valence-electron chi connectivity index (χ4n) is 4.47. The van der Waals surface area contributed by atoms with Gasteiger partial charge in [-0.3, -0.25) is 9.69 Å². The molecular weight excluding hydrogens is 441 g/mol. The molecule has 1 amide bonds. The Hall–Kier alpha value is -3.31. The number of hydrogen-bond acceptors (Lipinski definition) is 8. The first kappa shape index (κ1) is 22.5. The number of ether oxygens (including phenoxy) is 1. The number of amides is 1. The van der Waals surface area contributed by atoms with Crippen LogP contribution in [-0.2, 0) is 6.42 Å². The second-order valence-corrected chi connectivity index (χ2v) is 9.25. The molecule has 2 atom stereocenters. The second kappa shape index (κ2) is 8.80. The molecule has 2 N–H and O–H groups in total. The molecule has 5 rings (SSSR count). The summed E-state index contributed by atoms with van der Waals surface area (Å²) in [5.41, 5.74) is 1.02. The summed E-state index contributed by atoms with van der Waals surface area (Å²) < 4.78 is 20.7. The van der Waals surface area contributed by atoms with E-state index in [1.807, 2.05) is 6.07 Å². The van der Waals surface area contributed by atoms with E-state index in [-0.39, 0.29) is 12.5 Å². The van der Waals surface area contributed by atoms with Gasteiger partial charge in [0.15, 0.2) is 11.5 Å². The number of carbonyl (C=O) groups is 1. The van der Waals surface area contributed by atoms with Crippen molar-refractivity contribution in [3.63, 3.8) is 0 Å². The van der Waals surface area contributed by atoms with Gasteiger partial charge in [-0.05, 0) is 26.0 Å². The van der Waals surface area contributed by atoms with Crippen LogP contribution in [0.2, 0.25) is 0 Å². The highest BCUT2D eigenvalue weighted by Gasteiger charge is 2.32. The highest BCUT2D eigenvalue weighted by molar-refractivity contribution is 6.09. The molecule has 34 heavy (non-hydrogen) atoms. The fourth-order valence-corrected chi connectivity index (χ4v) is 4.47. The zero-order valence-electron chi connectivity index (χ0n) is 19.2. The Labute approximate surface area is 196 Å². The van der Waals surface area contributed by atoms with Crippen molar-refractivity contribution in [1.82, 2.24) is 24.5 Å². The molecule has 0 spiro atoms. The normalized spacial score (nSPS) is 21.7. The molecule has 1 fully saturated rings. The van der Waals surface area contributed by atoms with Crippen molar-refractivity contribution in [2.75, 3.05) is 49.5 Å². The van der Waals surface area contributed by atoms with Gasteiger partial charge in [-0.2, -0.15) is 10.1 Å². The molecule has 2 aliphatic rings. The van der Waals surface area contributed by atoms with Crippen molar-refractivity contribution in [3.05, 3.63) is 41.9 Å². The Morgan fingerprint density at radius 1 is 1.35 bits per heavy atom. The summed E-state index contributed by atoms with van der Waals surface area (Å²) in [5, 5.41) is 17.6. The van der Waals surface area contributed by atoms with Crippen molar-refractivity contribution in [2.45, 2.75) is 32.0 Å². The number of hydrogen-bond donors (Lipinski definition) is 2. The predicted octanol–water partition coefficient (Wildman–Crippen LogP) is 1.54. The summed E-state index contributed by atoms with van der Waals surface area (Å²) in [6.07, 6.45) is 4.29. The molecule has 10 nitrogen and oxygen atoms in total. The van der Waals surface area contributed by atoms with Gasteiger partial charge in [-0.25, -0.2) is 13.9 Å². The predicted molar refractivity (Wildman–Crippen MR) is 124 cm³/mol. The van der Waals surface area contributed by atoms with Gasteiger partial charge in [0.2, 0.25) is 5.88 Å². The summed E-state index contributed by atoms with van der Waals surface area (Å²) >= 11 is 0. The number of pyridine rings is 1. The van der Waals surface area contributed by atoms with Crippen molar-refractivity contribution >= 4 is 23.1 Å². The lowest BCUT2D eigenvalue weighted by Gasteiger charge is -2.37. The molecule has 0 aliphatic carbocycles. The van der Waals surface area contributed by atoms with Crippen LogP contribution in [0.5, 0.6) is 5.88 Å². The van der Waals surface area contributed by atoms with Gasteiger partial charge in [-0.1, -0.05) is 0 Å². The van der Waals surface area contributed by atoms with Crippen molar-refractivity contribution in [2.24, 2.45) is 0 Å². The van der Waals surface area contributed by atoms with E-state index >= 15 is 0 Å². The maximum absolute atomic E-state index is 13.4. The maximum Gasteiger partial charge on any atom is 0.261 e. The molecule has 180 valence electrons.